The van der Waals surface area contributed by atoms with Gasteiger partial charge in [0.05, 0.1) is 5.92 Å². The summed E-state index contributed by atoms with van der Waals surface area (Å²) in [6.07, 6.45) is 1.07. The van der Waals surface area contributed by atoms with E-state index in [0.717, 1.165) is 26.2 Å². The van der Waals surface area contributed by atoms with Crippen LogP contribution in [0.3, 0.4) is 0 Å². The number of piperidine rings is 1. The van der Waals surface area contributed by atoms with Gasteiger partial charge in [0.15, 0.2) is 0 Å². The molecule has 0 aromatic rings. The molecule has 4 nitrogen and oxygen atoms in total. The summed E-state index contributed by atoms with van der Waals surface area (Å²) < 4.78 is 0. The van der Waals surface area contributed by atoms with Gasteiger partial charge in [-0.3, -0.25) is 4.79 Å². The predicted molar refractivity (Wildman–Crippen MR) is 40.9 cm³/mol. The van der Waals surface area contributed by atoms with Crippen molar-refractivity contribution in [1.82, 2.24) is 16.0 Å². The lowest BCUT2D eigenvalue weighted by Crippen LogP contribution is -2.60. The fourth-order valence-corrected chi connectivity index (χ4v) is 1.78. The molecule has 0 saturated carbocycles. The molecule has 62 valence electrons. The van der Waals surface area contributed by atoms with E-state index in [0.29, 0.717) is 6.04 Å². The van der Waals surface area contributed by atoms with Crippen LogP contribution in [0, 0.1) is 5.92 Å². The van der Waals surface area contributed by atoms with Crippen molar-refractivity contribution in [2.45, 2.75) is 12.5 Å². The van der Waals surface area contributed by atoms with E-state index in [9.17, 15) is 4.79 Å². The zero-order valence-corrected chi connectivity index (χ0v) is 6.39. The van der Waals surface area contributed by atoms with Gasteiger partial charge in [-0.05, 0) is 6.42 Å². The van der Waals surface area contributed by atoms with Gasteiger partial charge in [-0.2, -0.15) is 0 Å². The molecule has 11 heavy (non-hydrogen) atoms. The highest BCUT2D eigenvalue weighted by atomic mass is 16.2. The molecule has 2 rings (SSSR count). The SMILES string of the molecule is O=C1NCCC2NCNCC12. The summed E-state index contributed by atoms with van der Waals surface area (Å²) in [5.74, 6) is 0.346. The molecule has 2 aliphatic rings. The quantitative estimate of drug-likeness (QED) is 0.405. The third-order valence-electron chi connectivity index (χ3n) is 2.43. The molecule has 2 heterocycles. The first kappa shape index (κ1) is 7.06. The lowest BCUT2D eigenvalue weighted by molar-refractivity contribution is -0.128. The summed E-state index contributed by atoms with van der Waals surface area (Å²) in [7, 11) is 0. The van der Waals surface area contributed by atoms with Crippen LogP contribution in [0.25, 0.3) is 0 Å². The number of hydrogen-bond acceptors (Lipinski definition) is 3. The van der Waals surface area contributed by atoms with Crippen molar-refractivity contribution in [3.8, 4) is 0 Å². The minimum absolute atomic E-state index is 0.150. The number of carbonyl (C=O) groups is 1. The van der Waals surface area contributed by atoms with Gasteiger partial charge < -0.3 is 16.0 Å². The zero-order chi connectivity index (χ0) is 7.68. The van der Waals surface area contributed by atoms with Gasteiger partial charge in [-0.1, -0.05) is 0 Å². The first-order chi connectivity index (χ1) is 5.38. The molecule has 2 atom stereocenters. The van der Waals surface area contributed by atoms with Crippen molar-refractivity contribution in [2.75, 3.05) is 19.8 Å². The van der Waals surface area contributed by atoms with Crippen LogP contribution in [-0.4, -0.2) is 31.7 Å². The van der Waals surface area contributed by atoms with Crippen LogP contribution < -0.4 is 16.0 Å². The van der Waals surface area contributed by atoms with Gasteiger partial charge >= 0.3 is 0 Å². The maximum absolute atomic E-state index is 11.2. The Bertz CT molecular complexity index is 169. The predicted octanol–water partition coefficient (Wildman–Crippen LogP) is -1.36. The van der Waals surface area contributed by atoms with Crippen LogP contribution in [0.5, 0.6) is 0 Å². The maximum atomic E-state index is 11.2. The lowest BCUT2D eigenvalue weighted by Gasteiger charge is -2.35. The highest BCUT2D eigenvalue weighted by Crippen LogP contribution is 2.13. The number of carbonyl (C=O) groups excluding carboxylic acids is 1. The van der Waals surface area contributed by atoms with E-state index in [4.69, 9.17) is 0 Å². The molecular weight excluding hydrogens is 142 g/mol. The third-order valence-corrected chi connectivity index (χ3v) is 2.43. The van der Waals surface area contributed by atoms with Crippen molar-refractivity contribution in [3.05, 3.63) is 0 Å². The highest BCUT2D eigenvalue weighted by Gasteiger charge is 2.33. The summed E-state index contributed by atoms with van der Waals surface area (Å²) in [5, 5.41) is 9.28. The van der Waals surface area contributed by atoms with E-state index in [-0.39, 0.29) is 11.8 Å². The second-order valence-electron chi connectivity index (χ2n) is 3.13. The van der Waals surface area contributed by atoms with Crippen molar-refractivity contribution in [1.29, 1.82) is 0 Å². The van der Waals surface area contributed by atoms with Gasteiger partial charge in [0, 0.05) is 25.8 Å². The van der Waals surface area contributed by atoms with Crippen LogP contribution in [0.4, 0.5) is 0 Å². The topological polar surface area (TPSA) is 53.2 Å². The molecule has 2 aliphatic heterocycles. The van der Waals surface area contributed by atoms with E-state index in [2.05, 4.69) is 16.0 Å². The minimum atomic E-state index is 0.150. The van der Waals surface area contributed by atoms with Crippen LogP contribution in [0.2, 0.25) is 0 Å². The smallest absolute Gasteiger partial charge is 0.225 e. The fraction of sp³-hybridized carbons (Fsp3) is 0.857. The molecule has 3 N–H and O–H groups in total. The van der Waals surface area contributed by atoms with E-state index in [1.165, 1.54) is 0 Å². The van der Waals surface area contributed by atoms with Crippen molar-refractivity contribution < 1.29 is 4.79 Å². The van der Waals surface area contributed by atoms with E-state index < -0.39 is 0 Å². The standard InChI is InChI=1S/C7H13N3O/c11-7-5-3-8-4-10-6(5)1-2-9-7/h5-6,8,10H,1-4H2,(H,9,11). The number of fused-ring (bicyclic) bond motifs is 1. The zero-order valence-electron chi connectivity index (χ0n) is 6.39. The average molecular weight is 155 g/mol. The van der Waals surface area contributed by atoms with Gasteiger partial charge in [0.25, 0.3) is 0 Å². The second-order valence-corrected chi connectivity index (χ2v) is 3.13. The molecule has 4 heteroatoms. The Hall–Kier alpha value is -0.610. The van der Waals surface area contributed by atoms with E-state index in [1.807, 2.05) is 0 Å². The molecule has 0 bridgehead atoms. The van der Waals surface area contributed by atoms with Gasteiger partial charge in [0.2, 0.25) is 5.91 Å². The Labute approximate surface area is 65.7 Å². The third kappa shape index (κ3) is 1.23. The van der Waals surface area contributed by atoms with E-state index >= 15 is 0 Å². The Balaban J connectivity index is 2.05. The van der Waals surface area contributed by atoms with Crippen molar-refractivity contribution >= 4 is 5.91 Å². The number of amides is 1. The molecule has 0 aromatic heterocycles. The van der Waals surface area contributed by atoms with Crippen LogP contribution in [-0.2, 0) is 4.79 Å². The molecule has 0 radical (unpaired) electrons. The lowest BCUT2D eigenvalue weighted by atomic mass is 9.91. The molecule has 2 fully saturated rings. The normalized spacial score (nSPS) is 37.6. The molecule has 0 aromatic carbocycles. The number of nitrogens with one attached hydrogen (secondary N) is 3. The van der Waals surface area contributed by atoms with Gasteiger partial charge in [0.1, 0.15) is 0 Å². The molecule has 2 unspecified atom stereocenters. The highest BCUT2D eigenvalue weighted by molar-refractivity contribution is 5.80. The number of rotatable bonds is 0. The Morgan fingerprint density at radius 3 is 3.18 bits per heavy atom. The molecule has 0 spiro atoms. The largest absolute Gasteiger partial charge is 0.356 e. The summed E-state index contributed by atoms with van der Waals surface area (Å²) in [4.78, 5) is 11.2. The number of hydrogen-bond donors (Lipinski definition) is 3. The maximum Gasteiger partial charge on any atom is 0.225 e. The van der Waals surface area contributed by atoms with Crippen molar-refractivity contribution in [3.63, 3.8) is 0 Å². The minimum Gasteiger partial charge on any atom is -0.356 e. The van der Waals surface area contributed by atoms with Crippen LogP contribution in [0.1, 0.15) is 6.42 Å². The molecule has 0 aliphatic carbocycles. The summed E-state index contributed by atoms with van der Waals surface area (Å²) in [5.41, 5.74) is 0. The first-order valence-corrected chi connectivity index (χ1v) is 4.10. The summed E-state index contributed by atoms with van der Waals surface area (Å²) >= 11 is 0. The Morgan fingerprint density at radius 1 is 1.45 bits per heavy atom. The molecule has 2 saturated heterocycles. The van der Waals surface area contributed by atoms with Crippen LogP contribution >= 0.6 is 0 Å². The average Bonchev–Trinajstić information content (AvgIpc) is 2.06. The van der Waals surface area contributed by atoms with Crippen molar-refractivity contribution in [2.24, 2.45) is 5.92 Å². The molecular formula is C7H13N3O. The van der Waals surface area contributed by atoms with Gasteiger partial charge in [-0.25, -0.2) is 0 Å². The Kier molecular flexibility index (Phi) is 1.79. The summed E-state index contributed by atoms with van der Waals surface area (Å²) in [6, 6.07) is 0.407. The monoisotopic (exact) mass is 155 g/mol. The van der Waals surface area contributed by atoms with Crippen LogP contribution in [0.15, 0.2) is 0 Å². The fourth-order valence-electron chi connectivity index (χ4n) is 1.78. The van der Waals surface area contributed by atoms with E-state index in [1.54, 1.807) is 0 Å². The Morgan fingerprint density at radius 2 is 2.36 bits per heavy atom. The molecule has 1 amide bonds. The first-order valence-electron chi connectivity index (χ1n) is 4.10. The van der Waals surface area contributed by atoms with Gasteiger partial charge in [-0.15, -0.1) is 0 Å². The second kappa shape index (κ2) is 2.79. The summed E-state index contributed by atoms with van der Waals surface area (Å²) in [6.45, 7) is 2.49.